The van der Waals surface area contributed by atoms with Crippen LogP contribution in [0.25, 0.3) is 11.1 Å². The van der Waals surface area contributed by atoms with Gasteiger partial charge in [0, 0.05) is 18.9 Å². The minimum Gasteiger partial charge on any atom is -0.351 e. The van der Waals surface area contributed by atoms with Crippen LogP contribution in [0.15, 0.2) is 48.8 Å². The van der Waals surface area contributed by atoms with Crippen LogP contribution in [0.5, 0.6) is 0 Å². The fourth-order valence-corrected chi connectivity index (χ4v) is 1.76. The average Bonchev–Trinajstić information content (AvgIpc) is 2.46. The third-order valence-corrected chi connectivity index (χ3v) is 2.82. The van der Waals surface area contributed by atoms with Gasteiger partial charge in [0.05, 0.1) is 6.04 Å². The van der Waals surface area contributed by atoms with Gasteiger partial charge < -0.3 is 11.1 Å². The first-order chi connectivity index (χ1) is 9.16. The summed E-state index contributed by atoms with van der Waals surface area (Å²) in [5.41, 5.74) is 8.76. The highest BCUT2D eigenvalue weighted by molar-refractivity contribution is 5.81. The van der Waals surface area contributed by atoms with Crippen molar-refractivity contribution in [1.29, 1.82) is 0 Å². The monoisotopic (exact) mass is 255 g/mol. The van der Waals surface area contributed by atoms with E-state index in [1.165, 1.54) is 0 Å². The smallest absolute Gasteiger partial charge is 0.236 e. The summed E-state index contributed by atoms with van der Waals surface area (Å²) in [6, 6.07) is 11.5. The second kappa shape index (κ2) is 6.11. The van der Waals surface area contributed by atoms with Crippen LogP contribution >= 0.6 is 0 Å². The molecule has 19 heavy (non-hydrogen) atoms. The third-order valence-electron chi connectivity index (χ3n) is 2.82. The molecule has 1 amide bonds. The summed E-state index contributed by atoms with van der Waals surface area (Å²) in [6.45, 7) is 2.15. The van der Waals surface area contributed by atoms with Gasteiger partial charge in [0.15, 0.2) is 0 Å². The van der Waals surface area contributed by atoms with Crippen LogP contribution in [0.1, 0.15) is 12.5 Å². The van der Waals surface area contributed by atoms with Crippen molar-refractivity contribution in [2.45, 2.75) is 19.5 Å². The fraction of sp³-hybridized carbons (Fsp3) is 0.200. The van der Waals surface area contributed by atoms with Crippen LogP contribution in [-0.2, 0) is 11.3 Å². The van der Waals surface area contributed by atoms with Crippen molar-refractivity contribution in [2.24, 2.45) is 5.73 Å². The standard InChI is InChI=1S/C15H17N3O/c1-11(16)15(19)18-10-12-3-2-4-14(9-12)13-5-7-17-8-6-13/h2-9,11H,10,16H2,1H3,(H,18,19). The second-order valence-electron chi connectivity index (χ2n) is 4.44. The first-order valence-corrected chi connectivity index (χ1v) is 6.19. The molecule has 0 aliphatic carbocycles. The van der Waals surface area contributed by atoms with Gasteiger partial charge in [-0.25, -0.2) is 0 Å². The molecule has 0 saturated carbocycles. The first kappa shape index (κ1) is 13.2. The number of carbonyl (C=O) groups excluding carboxylic acids is 1. The zero-order valence-electron chi connectivity index (χ0n) is 10.8. The second-order valence-corrected chi connectivity index (χ2v) is 4.44. The zero-order chi connectivity index (χ0) is 13.7. The summed E-state index contributed by atoms with van der Waals surface area (Å²) in [5, 5.41) is 2.80. The number of carbonyl (C=O) groups is 1. The quantitative estimate of drug-likeness (QED) is 0.874. The third kappa shape index (κ3) is 3.63. The van der Waals surface area contributed by atoms with Crippen molar-refractivity contribution in [2.75, 3.05) is 0 Å². The van der Waals surface area contributed by atoms with E-state index in [1.807, 2.05) is 30.3 Å². The maximum Gasteiger partial charge on any atom is 0.236 e. The van der Waals surface area contributed by atoms with Gasteiger partial charge in [-0.3, -0.25) is 9.78 Å². The number of aromatic nitrogens is 1. The van der Waals surface area contributed by atoms with Gasteiger partial charge in [-0.2, -0.15) is 0 Å². The molecule has 2 rings (SSSR count). The molecule has 4 nitrogen and oxygen atoms in total. The molecule has 0 radical (unpaired) electrons. The van der Waals surface area contributed by atoms with Gasteiger partial charge in [0.1, 0.15) is 0 Å². The molecule has 1 heterocycles. The van der Waals surface area contributed by atoms with Crippen LogP contribution in [-0.4, -0.2) is 16.9 Å². The first-order valence-electron chi connectivity index (χ1n) is 6.19. The number of nitrogens with two attached hydrogens (primary N) is 1. The van der Waals surface area contributed by atoms with E-state index >= 15 is 0 Å². The van der Waals surface area contributed by atoms with Crippen LogP contribution in [0.4, 0.5) is 0 Å². The number of amides is 1. The number of pyridine rings is 1. The maximum absolute atomic E-state index is 11.4. The highest BCUT2D eigenvalue weighted by atomic mass is 16.2. The number of hydrogen-bond acceptors (Lipinski definition) is 3. The summed E-state index contributed by atoms with van der Waals surface area (Å²) < 4.78 is 0. The normalized spacial score (nSPS) is 11.9. The Morgan fingerprint density at radius 1 is 1.26 bits per heavy atom. The highest BCUT2D eigenvalue weighted by Gasteiger charge is 2.06. The van der Waals surface area contributed by atoms with E-state index in [9.17, 15) is 4.79 Å². The summed E-state index contributed by atoms with van der Waals surface area (Å²) >= 11 is 0. The Kier molecular flexibility index (Phi) is 4.26. The number of rotatable bonds is 4. The van der Waals surface area contributed by atoms with E-state index in [4.69, 9.17) is 5.73 Å². The minimum atomic E-state index is -0.483. The van der Waals surface area contributed by atoms with Gasteiger partial charge in [-0.05, 0) is 41.8 Å². The largest absolute Gasteiger partial charge is 0.351 e. The Morgan fingerprint density at radius 3 is 2.68 bits per heavy atom. The molecule has 0 bridgehead atoms. The Bertz CT molecular complexity index is 552. The molecule has 3 N–H and O–H groups in total. The van der Waals surface area contributed by atoms with E-state index < -0.39 is 6.04 Å². The molecule has 1 aromatic carbocycles. The van der Waals surface area contributed by atoms with Crippen LogP contribution < -0.4 is 11.1 Å². The lowest BCUT2D eigenvalue weighted by Gasteiger charge is -2.09. The molecule has 0 saturated heterocycles. The molecule has 4 heteroatoms. The van der Waals surface area contributed by atoms with Gasteiger partial charge in [-0.15, -0.1) is 0 Å². The lowest BCUT2D eigenvalue weighted by Crippen LogP contribution is -2.37. The van der Waals surface area contributed by atoms with Crippen molar-refractivity contribution in [3.05, 3.63) is 54.4 Å². The molecule has 98 valence electrons. The van der Waals surface area contributed by atoms with E-state index in [0.717, 1.165) is 16.7 Å². The lowest BCUT2D eigenvalue weighted by molar-refractivity contribution is -0.122. The highest BCUT2D eigenvalue weighted by Crippen LogP contribution is 2.19. The molecular formula is C15H17N3O. The van der Waals surface area contributed by atoms with Crippen LogP contribution in [0, 0.1) is 0 Å². The van der Waals surface area contributed by atoms with Crippen LogP contribution in [0.2, 0.25) is 0 Å². The van der Waals surface area contributed by atoms with E-state index in [1.54, 1.807) is 19.3 Å². The SMILES string of the molecule is CC(N)C(=O)NCc1cccc(-c2ccncc2)c1. The van der Waals surface area contributed by atoms with Crippen molar-refractivity contribution < 1.29 is 4.79 Å². The molecule has 2 aromatic rings. The molecule has 1 atom stereocenters. The predicted octanol–water partition coefficient (Wildman–Crippen LogP) is 1.71. The summed E-state index contributed by atoms with van der Waals surface area (Å²) in [6.07, 6.45) is 3.53. The predicted molar refractivity (Wildman–Crippen MR) is 75.2 cm³/mol. The van der Waals surface area contributed by atoms with Crippen LogP contribution in [0.3, 0.4) is 0 Å². The van der Waals surface area contributed by atoms with Gasteiger partial charge in [-0.1, -0.05) is 18.2 Å². The summed E-state index contributed by atoms with van der Waals surface area (Å²) in [5.74, 6) is -0.144. The number of nitrogens with zero attached hydrogens (tertiary/aromatic N) is 1. The zero-order valence-corrected chi connectivity index (χ0v) is 10.8. The topological polar surface area (TPSA) is 68.0 Å². The molecule has 1 unspecified atom stereocenters. The van der Waals surface area contributed by atoms with Gasteiger partial charge in [0.2, 0.25) is 5.91 Å². The van der Waals surface area contributed by atoms with Gasteiger partial charge >= 0.3 is 0 Å². The Labute approximate surface area is 112 Å². The van der Waals surface area contributed by atoms with E-state index in [2.05, 4.69) is 16.4 Å². The summed E-state index contributed by atoms with van der Waals surface area (Å²) in [7, 11) is 0. The van der Waals surface area contributed by atoms with E-state index in [-0.39, 0.29) is 5.91 Å². The number of hydrogen-bond donors (Lipinski definition) is 2. The average molecular weight is 255 g/mol. The van der Waals surface area contributed by atoms with Crippen molar-refractivity contribution in [3.8, 4) is 11.1 Å². The van der Waals surface area contributed by atoms with E-state index in [0.29, 0.717) is 6.54 Å². The Balaban J connectivity index is 2.10. The minimum absolute atomic E-state index is 0.144. The number of nitrogens with one attached hydrogen (secondary N) is 1. The van der Waals surface area contributed by atoms with Crippen molar-refractivity contribution in [1.82, 2.24) is 10.3 Å². The van der Waals surface area contributed by atoms with Crippen molar-refractivity contribution >= 4 is 5.91 Å². The number of benzene rings is 1. The molecule has 0 fully saturated rings. The summed E-state index contributed by atoms with van der Waals surface area (Å²) in [4.78, 5) is 15.4. The molecular weight excluding hydrogens is 238 g/mol. The molecule has 0 spiro atoms. The molecule has 0 aliphatic heterocycles. The maximum atomic E-state index is 11.4. The fourth-order valence-electron chi connectivity index (χ4n) is 1.76. The molecule has 0 aliphatic rings. The van der Waals surface area contributed by atoms with Gasteiger partial charge in [0.25, 0.3) is 0 Å². The lowest BCUT2D eigenvalue weighted by atomic mass is 10.0. The van der Waals surface area contributed by atoms with Crippen molar-refractivity contribution in [3.63, 3.8) is 0 Å². The Hall–Kier alpha value is -2.20. The molecule has 1 aromatic heterocycles. The Morgan fingerprint density at radius 2 is 2.00 bits per heavy atom.